The van der Waals surface area contributed by atoms with Gasteiger partial charge in [-0.2, -0.15) is 0 Å². The number of aliphatic imine (C=N–C) groups is 1. The smallest absolute Gasteiger partial charge is 0.335 e. The summed E-state index contributed by atoms with van der Waals surface area (Å²) in [5, 5.41) is 10.8. The highest BCUT2D eigenvalue weighted by Gasteiger charge is 2.16. The Labute approximate surface area is 181 Å². The van der Waals surface area contributed by atoms with E-state index >= 15 is 0 Å². The van der Waals surface area contributed by atoms with E-state index in [1.54, 1.807) is 23.1 Å². The van der Waals surface area contributed by atoms with Crippen molar-refractivity contribution >= 4 is 28.6 Å². The lowest BCUT2D eigenvalue weighted by molar-refractivity contribution is 0.430. The number of imidazole rings is 1. The van der Waals surface area contributed by atoms with Crippen LogP contribution in [0.1, 0.15) is 16.7 Å². The summed E-state index contributed by atoms with van der Waals surface area (Å²) in [6.45, 7) is 3.73. The van der Waals surface area contributed by atoms with Crippen LogP contribution in [0.25, 0.3) is 16.7 Å². The summed E-state index contributed by atoms with van der Waals surface area (Å²) in [6, 6.07) is 8.79. The molecule has 0 unspecified atom stereocenters. The molecule has 0 saturated carbocycles. The molecule has 0 amide bonds. The molecule has 0 radical (unpaired) electrons. The number of hydrogen-bond acceptors (Lipinski definition) is 6. The predicted molar refractivity (Wildman–Crippen MR) is 124 cm³/mol. The number of rotatable bonds is 4. The summed E-state index contributed by atoms with van der Waals surface area (Å²) in [7, 11) is 3.63. The largest absolute Gasteiger partial charge is 0.493 e. The van der Waals surface area contributed by atoms with Crippen LogP contribution in [0.3, 0.4) is 0 Å². The summed E-state index contributed by atoms with van der Waals surface area (Å²) >= 11 is 0. The quantitative estimate of drug-likeness (QED) is 0.363. The second-order valence-corrected chi connectivity index (χ2v) is 7.74. The molecule has 4 N–H and O–H groups in total. The molecular weight excluding hydrogens is 412 g/mol. The first-order valence-corrected chi connectivity index (χ1v) is 9.79. The van der Waals surface area contributed by atoms with Crippen LogP contribution in [0.15, 0.2) is 49.7 Å². The van der Waals surface area contributed by atoms with Crippen LogP contribution in [0.2, 0.25) is 0 Å². The zero-order valence-corrected chi connectivity index (χ0v) is 18.0. The van der Waals surface area contributed by atoms with Gasteiger partial charge in [0.25, 0.3) is 5.56 Å². The lowest BCUT2D eigenvalue weighted by atomic mass is 10.1. The van der Waals surface area contributed by atoms with Gasteiger partial charge in [-0.3, -0.25) is 14.8 Å². The number of nitrogens with one attached hydrogen (secondary N) is 3. The minimum atomic E-state index is -0.764. The molecule has 0 aliphatic heterocycles. The summed E-state index contributed by atoms with van der Waals surface area (Å²) in [4.78, 5) is 50.3. The van der Waals surface area contributed by atoms with Crippen molar-refractivity contribution < 1.29 is 5.11 Å². The van der Waals surface area contributed by atoms with Gasteiger partial charge in [-0.1, -0.05) is 17.7 Å². The third-order valence-electron chi connectivity index (χ3n) is 5.14. The van der Waals surface area contributed by atoms with Crippen molar-refractivity contribution in [3.63, 3.8) is 0 Å². The first-order valence-electron chi connectivity index (χ1n) is 9.79. The van der Waals surface area contributed by atoms with Crippen LogP contribution >= 0.6 is 0 Å². The lowest BCUT2D eigenvalue weighted by Crippen LogP contribution is -2.31. The maximum Gasteiger partial charge on any atom is 0.335 e. The Morgan fingerprint density at radius 2 is 1.69 bits per heavy atom. The fourth-order valence-electron chi connectivity index (χ4n) is 3.59. The van der Waals surface area contributed by atoms with Gasteiger partial charge in [0.05, 0.1) is 28.1 Å². The van der Waals surface area contributed by atoms with Gasteiger partial charge >= 0.3 is 11.4 Å². The Hall–Kier alpha value is -4.34. The van der Waals surface area contributed by atoms with E-state index < -0.39 is 17.1 Å². The Kier molecular flexibility index (Phi) is 5.05. The van der Waals surface area contributed by atoms with Gasteiger partial charge in [0.2, 0.25) is 5.88 Å². The average Bonchev–Trinajstić information content (AvgIpc) is 3.07. The van der Waals surface area contributed by atoms with Crippen molar-refractivity contribution in [1.29, 1.82) is 0 Å². The van der Waals surface area contributed by atoms with Gasteiger partial charge in [-0.15, -0.1) is 0 Å². The molecule has 32 heavy (non-hydrogen) atoms. The highest BCUT2D eigenvalue weighted by atomic mass is 16.3. The van der Waals surface area contributed by atoms with Gasteiger partial charge in [-0.05, 0) is 37.6 Å². The van der Waals surface area contributed by atoms with Crippen LogP contribution in [0, 0.1) is 13.8 Å². The van der Waals surface area contributed by atoms with Gasteiger partial charge in [0, 0.05) is 20.3 Å². The molecule has 10 heteroatoms. The van der Waals surface area contributed by atoms with E-state index in [-0.39, 0.29) is 11.3 Å². The fraction of sp³-hybridized carbons (Fsp3) is 0.182. The third kappa shape index (κ3) is 3.62. The lowest BCUT2D eigenvalue weighted by Gasteiger charge is -2.15. The Balaban J connectivity index is 1.88. The monoisotopic (exact) mass is 434 g/mol. The summed E-state index contributed by atoms with van der Waals surface area (Å²) in [6.07, 6.45) is 1.20. The van der Waals surface area contributed by atoms with Crippen LogP contribution in [0.4, 0.5) is 11.4 Å². The van der Waals surface area contributed by atoms with Crippen molar-refractivity contribution in [3.05, 3.63) is 78.3 Å². The van der Waals surface area contributed by atoms with E-state index in [1.807, 2.05) is 40.1 Å². The van der Waals surface area contributed by atoms with E-state index in [2.05, 4.69) is 19.9 Å². The van der Waals surface area contributed by atoms with E-state index in [9.17, 15) is 19.5 Å². The molecule has 4 rings (SSSR count). The normalized spacial score (nSPS) is 11.5. The standard InChI is InChI=1S/C22H22N6O4/c1-11-5-6-17(12(2)7-11)28-20(30)13(19(29)26-22(28)32)10-23-16-8-14-15(25-21(31)24-14)9-18(16)27(3)4/h5-10,30H,1-4H3,(H2,24,25,31)(H,26,29,32). The minimum absolute atomic E-state index is 0.169. The van der Waals surface area contributed by atoms with Crippen molar-refractivity contribution in [1.82, 2.24) is 19.5 Å². The number of H-pyrrole nitrogens is 3. The van der Waals surface area contributed by atoms with Gasteiger partial charge in [-0.25, -0.2) is 14.2 Å². The van der Waals surface area contributed by atoms with Crippen LogP contribution in [-0.4, -0.2) is 44.9 Å². The molecule has 0 aliphatic carbocycles. The zero-order valence-electron chi connectivity index (χ0n) is 18.0. The van der Waals surface area contributed by atoms with E-state index in [0.717, 1.165) is 15.7 Å². The number of aromatic hydroxyl groups is 1. The van der Waals surface area contributed by atoms with Crippen molar-refractivity contribution in [3.8, 4) is 11.6 Å². The molecule has 2 aromatic heterocycles. The molecule has 0 saturated heterocycles. The Morgan fingerprint density at radius 3 is 2.34 bits per heavy atom. The topological polar surface area (TPSA) is 139 Å². The van der Waals surface area contributed by atoms with Gasteiger partial charge in [0.15, 0.2) is 0 Å². The zero-order chi connectivity index (χ0) is 23.2. The molecule has 0 atom stereocenters. The molecule has 0 aliphatic rings. The summed E-state index contributed by atoms with van der Waals surface area (Å²) < 4.78 is 1.04. The maximum atomic E-state index is 12.5. The van der Waals surface area contributed by atoms with Crippen LogP contribution < -0.4 is 21.8 Å². The summed E-state index contributed by atoms with van der Waals surface area (Å²) in [5.41, 5.74) is 2.48. The Morgan fingerprint density at radius 1 is 1.00 bits per heavy atom. The molecule has 164 valence electrons. The average molecular weight is 434 g/mol. The molecular formula is C22H22N6O4. The molecule has 0 bridgehead atoms. The van der Waals surface area contributed by atoms with E-state index in [1.165, 1.54) is 6.21 Å². The van der Waals surface area contributed by atoms with Crippen LogP contribution in [-0.2, 0) is 0 Å². The SMILES string of the molecule is Cc1ccc(-n2c(O)c(C=Nc3cc4[nH]c(=O)[nH]c4cc3N(C)C)c(=O)[nH]c2=O)c(C)c1. The molecule has 2 heterocycles. The number of aromatic amines is 3. The Bertz CT molecular complexity index is 1550. The molecule has 0 fully saturated rings. The van der Waals surface area contributed by atoms with Gasteiger partial charge in [0.1, 0.15) is 5.56 Å². The molecule has 4 aromatic rings. The first kappa shape index (κ1) is 20.9. The highest BCUT2D eigenvalue weighted by molar-refractivity contribution is 5.91. The number of hydrogen-bond donors (Lipinski definition) is 4. The first-order chi connectivity index (χ1) is 15.2. The van der Waals surface area contributed by atoms with Crippen molar-refractivity contribution in [2.45, 2.75) is 13.8 Å². The van der Waals surface area contributed by atoms with Crippen molar-refractivity contribution in [2.75, 3.05) is 19.0 Å². The van der Waals surface area contributed by atoms with E-state index in [4.69, 9.17) is 0 Å². The van der Waals surface area contributed by atoms with E-state index in [0.29, 0.717) is 28.1 Å². The molecule has 2 aromatic carbocycles. The molecule has 0 spiro atoms. The third-order valence-corrected chi connectivity index (χ3v) is 5.14. The number of fused-ring (bicyclic) bond motifs is 1. The predicted octanol–water partition coefficient (Wildman–Crippen LogP) is 1.83. The number of anilines is 1. The number of benzene rings is 2. The van der Waals surface area contributed by atoms with Crippen LogP contribution in [0.5, 0.6) is 5.88 Å². The second kappa shape index (κ2) is 7.73. The van der Waals surface area contributed by atoms with Gasteiger partial charge < -0.3 is 20.0 Å². The highest BCUT2D eigenvalue weighted by Crippen LogP contribution is 2.31. The number of nitrogens with zero attached hydrogens (tertiary/aromatic N) is 3. The minimum Gasteiger partial charge on any atom is -0.493 e. The maximum absolute atomic E-state index is 12.5. The second-order valence-electron chi connectivity index (χ2n) is 7.74. The number of aromatic nitrogens is 4. The number of aryl methyl sites for hydroxylation is 2. The summed E-state index contributed by atoms with van der Waals surface area (Å²) in [5.74, 6) is -0.517. The molecule has 10 nitrogen and oxygen atoms in total. The van der Waals surface area contributed by atoms with Crippen molar-refractivity contribution in [2.24, 2.45) is 4.99 Å². The fourth-order valence-corrected chi connectivity index (χ4v) is 3.59.